The quantitative estimate of drug-likeness (QED) is 0.572. The number of rotatable bonds is 4. The molecular weight excluding hydrogens is 352 g/mol. The Labute approximate surface area is 162 Å². The van der Waals surface area contributed by atoms with Crippen LogP contribution in [0, 0.1) is 13.8 Å². The number of para-hydroxylation sites is 1. The molecule has 0 unspecified atom stereocenters. The van der Waals surface area contributed by atoms with Crippen molar-refractivity contribution in [3.05, 3.63) is 75.5 Å². The monoisotopic (exact) mass is 374 g/mol. The molecular formula is C22H22N4O2. The van der Waals surface area contributed by atoms with Gasteiger partial charge in [-0.3, -0.25) is 9.59 Å². The summed E-state index contributed by atoms with van der Waals surface area (Å²) in [4.78, 5) is 37.7. The molecule has 2 heterocycles. The highest BCUT2D eigenvalue weighted by Crippen LogP contribution is 2.23. The molecule has 6 nitrogen and oxygen atoms in total. The third kappa shape index (κ3) is 3.07. The van der Waals surface area contributed by atoms with Crippen LogP contribution in [0.25, 0.3) is 21.8 Å². The van der Waals surface area contributed by atoms with Gasteiger partial charge < -0.3 is 14.9 Å². The molecule has 0 saturated carbocycles. The maximum atomic E-state index is 13.1. The lowest BCUT2D eigenvalue weighted by atomic mass is 10.1. The van der Waals surface area contributed by atoms with E-state index in [1.54, 1.807) is 17.0 Å². The Bertz CT molecular complexity index is 1250. The van der Waals surface area contributed by atoms with Gasteiger partial charge in [0.05, 0.1) is 17.4 Å². The predicted octanol–water partition coefficient (Wildman–Crippen LogP) is 3.68. The van der Waals surface area contributed by atoms with Gasteiger partial charge in [-0.15, -0.1) is 0 Å². The Hall–Kier alpha value is -3.41. The summed E-state index contributed by atoms with van der Waals surface area (Å²) < 4.78 is 0. The van der Waals surface area contributed by atoms with Crippen molar-refractivity contribution in [3.63, 3.8) is 0 Å². The highest BCUT2D eigenvalue weighted by molar-refractivity contribution is 5.99. The average molecular weight is 374 g/mol. The fourth-order valence-corrected chi connectivity index (χ4v) is 3.49. The minimum absolute atomic E-state index is 0.0848. The van der Waals surface area contributed by atoms with Crippen molar-refractivity contribution in [1.82, 2.24) is 19.9 Å². The van der Waals surface area contributed by atoms with E-state index < -0.39 is 0 Å². The van der Waals surface area contributed by atoms with Gasteiger partial charge in [0.1, 0.15) is 5.82 Å². The van der Waals surface area contributed by atoms with Crippen LogP contribution in [0.4, 0.5) is 0 Å². The molecule has 2 N–H and O–H groups in total. The Morgan fingerprint density at radius 2 is 1.86 bits per heavy atom. The predicted molar refractivity (Wildman–Crippen MR) is 111 cm³/mol. The zero-order chi connectivity index (χ0) is 19.8. The number of carbonyl (C=O) groups is 1. The fraction of sp³-hybridized carbons (Fsp3) is 0.227. The van der Waals surface area contributed by atoms with E-state index in [1.165, 1.54) is 0 Å². The summed E-state index contributed by atoms with van der Waals surface area (Å²) >= 11 is 0. The Morgan fingerprint density at radius 3 is 2.64 bits per heavy atom. The Kier molecular flexibility index (Phi) is 4.47. The molecule has 0 saturated heterocycles. The number of nitrogens with zero attached hydrogens (tertiary/aromatic N) is 2. The number of carbonyl (C=O) groups excluding carboxylic acids is 1. The van der Waals surface area contributed by atoms with Crippen LogP contribution >= 0.6 is 0 Å². The molecule has 0 atom stereocenters. The first kappa shape index (κ1) is 18.0. The Balaban J connectivity index is 1.66. The smallest absolute Gasteiger partial charge is 0.258 e. The van der Waals surface area contributed by atoms with Gasteiger partial charge in [0, 0.05) is 28.7 Å². The highest BCUT2D eigenvalue weighted by Gasteiger charge is 2.17. The number of aromatic amines is 2. The standard InChI is InChI=1S/C22H22N4O2/c1-4-26(12-20-24-18-8-6-5-7-16(18)21(27)25-20)22(28)15-9-10-19-17(11-15)13(2)14(3)23-19/h5-11,23H,4,12H2,1-3H3,(H,24,25,27). The Morgan fingerprint density at radius 1 is 1.07 bits per heavy atom. The van der Waals surface area contributed by atoms with Gasteiger partial charge >= 0.3 is 0 Å². The largest absolute Gasteiger partial charge is 0.358 e. The third-order valence-electron chi connectivity index (χ3n) is 5.23. The van der Waals surface area contributed by atoms with Gasteiger partial charge in [-0.25, -0.2) is 4.98 Å². The summed E-state index contributed by atoms with van der Waals surface area (Å²) in [5.74, 6) is 0.395. The van der Waals surface area contributed by atoms with E-state index in [0.717, 1.165) is 22.2 Å². The van der Waals surface area contributed by atoms with Crippen molar-refractivity contribution in [2.24, 2.45) is 0 Å². The summed E-state index contributed by atoms with van der Waals surface area (Å²) in [6.45, 7) is 6.75. The lowest BCUT2D eigenvalue weighted by Crippen LogP contribution is -2.32. The molecule has 1 amide bonds. The first-order valence-corrected chi connectivity index (χ1v) is 9.34. The van der Waals surface area contributed by atoms with Crippen molar-refractivity contribution in [2.75, 3.05) is 6.54 Å². The second-order valence-corrected chi connectivity index (χ2v) is 6.98. The molecule has 0 aliphatic carbocycles. The second kappa shape index (κ2) is 6.96. The second-order valence-electron chi connectivity index (χ2n) is 6.98. The van der Waals surface area contributed by atoms with Crippen LogP contribution in [0.5, 0.6) is 0 Å². The molecule has 2 aromatic heterocycles. The molecule has 0 spiro atoms. The SMILES string of the molecule is CCN(Cc1nc2ccccc2c(=O)[nH]1)C(=O)c1ccc2[nH]c(C)c(C)c2c1. The van der Waals surface area contributed by atoms with Gasteiger partial charge in [0.25, 0.3) is 11.5 Å². The number of H-pyrrole nitrogens is 2. The number of aryl methyl sites for hydroxylation is 2. The molecule has 4 aromatic rings. The van der Waals surface area contributed by atoms with Crippen molar-refractivity contribution >= 4 is 27.7 Å². The summed E-state index contributed by atoms with van der Waals surface area (Å²) in [7, 11) is 0. The van der Waals surface area contributed by atoms with Crippen molar-refractivity contribution < 1.29 is 4.79 Å². The van der Waals surface area contributed by atoms with Crippen molar-refractivity contribution in [3.8, 4) is 0 Å². The molecule has 0 fully saturated rings. The number of nitrogens with one attached hydrogen (secondary N) is 2. The first-order chi connectivity index (χ1) is 13.5. The lowest BCUT2D eigenvalue weighted by molar-refractivity contribution is 0.0748. The number of amides is 1. The van der Waals surface area contributed by atoms with Crippen molar-refractivity contribution in [1.29, 1.82) is 0 Å². The van der Waals surface area contributed by atoms with E-state index in [4.69, 9.17) is 0 Å². The zero-order valence-corrected chi connectivity index (χ0v) is 16.2. The molecule has 0 bridgehead atoms. The molecule has 6 heteroatoms. The maximum Gasteiger partial charge on any atom is 0.258 e. The number of hydrogen-bond acceptors (Lipinski definition) is 3. The molecule has 28 heavy (non-hydrogen) atoms. The van der Waals surface area contributed by atoms with Crippen LogP contribution in [0.3, 0.4) is 0 Å². The molecule has 2 aromatic carbocycles. The minimum atomic E-state index is -0.191. The fourth-order valence-electron chi connectivity index (χ4n) is 3.49. The molecule has 0 radical (unpaired) electrons. The highest BCUT2D eigenvalue weighted by atomic mass is 16.2. The van der Waals surface area contributed by atoms with Crippen LogP contribution in [0.1, 0.15) is 34.4 Å². The van der Waals surface area contributed by atoms with E-state index in [-0.39, 0.29) is 18.0 Å². The van der Waals surface area contributed by atoms with Gasteiger partial charge in [-0.2, -0.15) is 0 Å². The lowest BCUT2D eigenvalue weighted by Gasteiger charge is -2.20. The summed E-state index contributed by atoms with van der Waals surface area (Å²) in [6, 6.07) is 12.9. The van der Waals surface area contributed by atoms with Gasteiger partial charge in [0.2, 0.25) is 0 Å². The maximum absolute atomic E-state index is 13.1. The summed E-state index contributed by atoms with van der Waals surface area (Å²) in [5.41, 5.74) is 4.33. The van der Waals surface area contributed by atoms with Gasteiger partial charge in [-0.1, -0.05) is 12.1 Å². The van der Waals surface area contributed by atoms with E-state index in [0.29, 0.717) is 28.8 Å². The van der Waals surface area contributed by atoms with E-state index >= 15 is 0 Å². The number of hydrogen-bond donors (Lipinski definition) is 2. The number of aromatic nitrogens is 3. The van der Waals surface area contributed by atoms with Crippen LogP contribution < -0.4 is 5.56 Å². The molecule has 4 rings (SSSR count). The zero-order valence-electron chi connectivity index (χ0n) is 16.2. The van der Waals surface area contributed by atoms with Crippen LogP contribution in [0.2, 0.25) is 0 Å². The molecule has 142 valence electrons. The van der Waals surface area contributed by atoms with Crippen LogP contribution in [-0.2, 0) is 6.54 Å². The van der Waals surface area contributed by atoms with E-state index in [2.05, 4.69) is 15.0 Å². The topological polar surface area (TPSA) is 81.8 Å². The normalized spacial score (nSPS) is 11.2. The summed E-state index contributed by atoms with van der Waals surface area (Å²) in [6.07, 6.45) is 0. The molecule has 0 aliphatic rings. The first-order valence-electron chi connectivity index (χ1n) is 9.34. The summed E-state index contributed by atoms with van der Waals surface area (Å²) in [5, 5.41) is 1.60. The van der Waals surface area contributed by atoms with Crippen molar-refractivity contribution in [2.45, 2.75) is 27.3 Å². The van der Waals surface area contributed by atoms with E-state index in [9.17, 15) is 9.59 Å². The third-order valence-corrected chi connectivity index (χ3v) is 5.23. The van der Waals surface area contributed by atoms with Gasteiger partial charge in [0.15, 0.2) is 0 Å². The van der Waals surface area contributed by atoms with E-state index in [1.807, 2.05) is 51.1 Å². The van der Waals surface area contributed by atoms with Gasteiger partial charge in [-0.05, 0) is 56.7 Å². The number of benzene rings is 2. The average Bonchev–Trinajstić information content (AvgIpc) is 2.99. The van der Waals surface area contributed by atoms with Crippen LogP contribution in [-0.4, -0.2) is 32.3 Å². The minimum Gasteiger partial charge on any atom is -0.358 e. The van der Waals surface area contributed by atoms with Crippen LogP contribution in [0.15, 0.2) is 47.3 Å². The molecule has 0 aliphatic heterocycles. The number of fused-ring (bicyclic) bond motifs is 2.